The standard InChI is InChI=1S/C19H19F5N2O3S/c20-15-3-1-2-13(10-15)17(26-6-8-29-9-7-26)12-25-30(27,28)18-11-14(19(22,23)24)4-5-16(18)21/h1-5,10-11,17,25H,6-9,12H2. The van der Waals surface area contributed by atoms with Gasteiger partial charge in [0.25, 0.3) is 0 Å². The van der Waals surface area contributed by atoms with Crippen LogP contribution in [0.25, 0.3) is 0 Å². The van der Waals surface area contributed by atoms with Crippen molar-refractivity contribution in [2.45, 2.75) is 17.1 Å². The monoisotopic (exact) mass is 450 g/mol. The number of ether oxygens (including phenoxy) is 1. The summed E-state index contributed by atoms with van der Waals surface area (Å²) < 4.78 is 99.1. The van der Waals surface area contributed by atoms with Crippen molar-refractivity contribution in [2.24, 2.45) is 0 Å². The molecule has 1 saturated heterocycles. The molecule has 1 aliphatic heterocycles. The molecule has 2 aromatic carbocycles. The molecule has 2 aromatic rings. The average molecular weight is 450 g/mol. The molecular weight excluding hydrogens is 431 g/mol. The highest BCUT2D eigenvalue weighted by atomic mass is 32.2. The van der Waals surface area contributed by atoms with Gasteiger partial charge >= 0.3 is 6.18 Å². The van der Waals surface area contributed by atoms with E-state index in [2.05, 4.69) is 4.72 Å². The van der Waals surface area contributed by atoms with E-state index < -0.39 is 44.3 Å². The minimum absolute atomic E-state index is 0.254. The predicted octanol–water partition coefficient (Wildman–Crippen LogP) is 3.34. The number of nitrogens with zero attached hydrogens (tertiary/aromatic N) is 1. The first kappa shape index (κ1) is 22.6. The molecule has 0 aromatic heterocycles. The van der Waals surface area contributed by atoms with Crippen LogP contribution in [-0.2, 0) is 20.9 Å². The molecule has 1 unspecified atom stereocenters. The normalized spacial score (nSPS) is 17.1. The summed E-state index contributed by atoms with van der Waals surface area (Å²) >= 11 is 0. The lowest BCUT2D eigenvalue weighted by Crippen LogP contribution is -2.44. The number of nitrogens with one attached hydrogen (secondary N) is 1. The molecule has 1 N–H and O–H groups in total. The first-order chi connectivity index (χ1) is 14.1. The molecule has 0 aliphatic carbocycles. The Kier molecular flexibility index (Phi) is 6.75. The van der Waals surface area contributed by atoms with E-state index in [9.17, 15) is 30.4 Å². The fourth-order valence-corrected chi connectivity index (χ4v) is 4.35. The molecule has 0 spiro atoms. The summed E-state index contributed by atoms with van der Waals surface area (Å²) in [7, 11) is -4.60. The van der Waals surface area contributed by atoms with Gasteiger partial charge in [0, 0.05) is 25.7 Å². The third-order valence-electron chi connectivity index (χ3n) is 4.73. The van der Waals surface area contributed by atoms with Gasteiger partial charge in [-0.1, -0.05) is 12.1 Å². The zero-order valence-corrected chi connectivity index (χ0v) is 16.4. The Balaban J connectivity index is 1.87. The van der Waals surface area contributed by atoms with E-state index in [0.29, 0.717) is 44.0 Å². The van der Waals surface area contributed by atoms with Crippen LogP contribution >= 0.6 is 0 Å². The lowest BCUT2D eigenvalue weighted by Gasteiger charge is -2.34. The smallest absolute Gasteiger partial charge is 0.379 e. The number of halogens is 5. The van der Waals surface area contributed by atoms with Crippen LogP contribution in [0.4, 0.5) is 22.0 Å². The van der Waals surface area contributed by atoms with Crippen LogP contribution in [-0.4, -0.2) is 46.2 Å². The number of rotatable bonds is 6. The summed E-state index contributed by atoms with van der Waals surface area (Å²) in [5, 5.41) is 0. The summed E-state index contributed by atoms with van der Waals surface area (Å²) in [6.45, 7) is 1.38. The fraction of sp³-hybridized carbons (Fsp3) is 0.368. The Morgan fingerprint density at radius 1 is 1.07 bits per heavy atom. The summed E-state index contributed by atoms with van der Waals surface area (Å²) in [5.74, 6) is -1.82. The third kappa shape index (κ3) is 5.34. The topological polar surface area (TPSA) is 58.6 Å². The second-order valence-corrected chi connectivity index (χ2v) is 8.45. The van der Waals surface area contributed by atoms with Crippen LogP contribution < -0.4 is 4.72 Å². The quantitative estimate of drug-likeness (QED) is 0.686. The van der Waals surface area contributed by atoms with Gasteiger partial charge in [0.15, 0.2) is 0 Å². The molecule has 1 heterocycles. The zero-order chi connectivity index (χ0) is 21.9. The van der Waals surface area contributed by atoms with Gasteiger partial charge in [-0.25, -0.2) is 21.9 Å². The number of morpholine rings is 1. The van der Waals surface area contributed by atoms with Gasteiger partial charge < -0.3 is 4.74 Å². The zero-order valence-electron chi connectivity index (χ0n) is 15.6. The minimum Gasteiger partial charge on any atom is -0.379 e. The maximum absolute atomic E-state index is 14.0. The van der Waals surface area contributed by atoms with Gasteiger partial charge in [0.05, 0.1) is 18.8 Å². The number of alkyl halides is 3. The SMILES string of the molecule is O=S(=O)(NCC(c1cccc(F)c1)N1CCOCC1)c1cc(C(F)(F)F)ccc1F. The minimum atomic E-state index is -4.82. The Morgan fingerprint density at radius 3 is 2.40 bits per heavy atom. The van der Waals surface area contributed by atoms with E-state index in [0.717, 1.165) is 0 Å². The molecule has 5 nitrogen and oxygen atoms in total. The molecule has 1 aliphatic rings. The van der Waals surface area contributed by atoms with Gasteiger partial charge in [0.1, 0.15) is 16.5 Å². The largest absolute Gasteiger partial charge is 0.416 e. The summed E-state index contributed by atoms with van der Waals surface area (Å²) in [6, 6.07) is 6.14. The van der Waals surface area contributed by atoms with Gasteiger partial charge in [-0.3, -0.25) is 4.90 Å². The van der Waals surface area contributed by atoms with Crippen LogP contribution in [0, 0.1) is 11.6 Å². The van der Waals surface area contributed by atoms with Crippen molar-refractivity contribution in [2.75, 3.05) is 32.8 Å². The van der Waals surface area contributed by atoms with Crippen LogP contribution in [0.2, 0.25) is 0 Å². The van der Waals surface area contributed by atoms with Crippen molar-refractivity contribution in [1.29, 1.82) is 0 Å². The highest BCUT2D eigenvalue weighted by Crippen LogP contribution is 2.31. The van der Waals surface area contributed by atoms with Crippen LogP contribution in [0.15, 0.2) is 47.4 Å². The molecule has 3 rings (SSSR count). The van der Waals surface area contributed by atoms with Gasteiger partial charge in [-0.05, 0) is 35.9 Å². The summed E-state index contributed by atoms with van der Waals surface area (Å²) in [6.07, 6.45) is -4.82. The summed E-state index contributed by atoms with van der Waals surface area (Å²) in [4.78, 5) is 0.765. The van der Waals surface area contributed by atoms with Gasteiger partial charge in [-0.15, -0.1) is 0 Å². The van der Waals surface area contributed by atoms with Crippen LogP contribution in [0.3, 0.4) is 0 Å². The van der Waals surface area contributed by atoms with Crippen molar-refractivity contribution in [3.8, 4) is 0 Å². The Labute approximate surface area is 170 Å². The van der Waals surface area contributed by atoms with Crippen molar-refractivity contribution in [3.63, 3.8) is 0 Å². The first-order valence-electron chi connectivity index (χ1n) is 9.01. The van der Waals surface area contributed by atoms with Crippen LogP contribution in [0.1, 0.15) is 17.2 Å². The molecule has 1 atom stereocenters. The second kappa shape index (κ2) is 8.96. The Morgan fingerprint density at radius 2 is 1.77 bits per heavy atom. The van der Waals surface area contributed by atoms with E-state index in [1.807, 2.05) is 4.90 Å². The van der Waals surface area contributed by atoms with E-state index in [1.165, 1.54) is 18.2 Å². The van der Waals surface area contributed by atoms with Crippen molar-refractivity contribution >= 4 is 10.0 Å². The Bertz CT molecular complexity index is 992. The van der Waals surface area contributed by atoms with E-state index in [-0.39, 0.29) is 12.6 Å². The average Bonchev–Trinajstić information content (AvgIpc) is 2.68. The molecule has 11 heteroatoms. The number of hydrogen-bond donors (Lipinski definition) is 1. The van der Waals surface area contributed by atoms with Crippen LogP contribution in [0.5, 0.6) is 0 Å². The van der Waals surface area contributed by atoms with Crippen molar-refractivity contribution < 1.29 is 35.1 Å². The molecule has 1 fully saturated rings. The molecule has 0 saturated carbocycles. The molecule has 0 bridgehead atoms. The van der Waals surface area contributed by atoms with Crippen molar-refractivity contribution in [3.05, 3.63) is 65.2 Å². The first-order valence-corrected chi connectivity index (χ1v) is 10.5. The molecule has 30 heavy (non-hydrogen) atoms. The predicted molar refractivity (Wildman–Crippen MR) is 98.1 cm³/mol. The molecule has 0 amide bonds. The second-order valence-electron chi connectivity index (χ2n) is 6.71. The third-order valence-corrected chi connectivity index (χ3v) is 6.17. The molecular formula is C19H19F5N2O3S. The van der Waals surface area contributed by atoms with Gasteiger partial charge in [-0.2, -0.15) is 13.2 Å². The molecule has 164 valence electrons. The van der Waals surface area contributed by atoms with Gasteiger partial charge in [0.2, 0.25) is 10.0 Å². The van der Waals surface area contributed by atoms with Crippen molar-refractivity contribution in [1.82, 2.24) is 9.62 Å². The van der Waals surface area contributed by atoms with E-state index in [1.54, 1.807) is 6.07 Å². The maximum Gasteiger partial charge on any atom is 0.416 e. The highest BCUT2D eigenvalue weighted by molar-refractivity contribution is 7.89. The lowest BCUT2D eigenvalue weighted by atomic mass is 10.0. The molecule has 0 radical (unpaired) electrons. The lowest BCUT2D eigenvalue weighted by molar-refractivity contribution is -0.137. The highest BCUT2D eigenvalue weighted by Gasteiger charge is 2.33. The maximum atomic E-state index is 14.0. The van der Waals surface area contributed by atoms with E-state index >= 15 is 0 Å². The summed E-state index contributed by atoms with van der Waals surface area (Å²) in [5.41, 5.74) is -0.803. The number of hydrogen-bond acceptors (Lipinski definition) is 4. The van der Waals surface area contributed by atoms with E-state index in [4.69, 9.17) is 4.74 Å². The fourth-order valence-electron chi connectivity index (χ4n) is 3.21. The number of benzene rings is 2. The Hall–Kier alpha value is -2.08. The number of sulfonamides is 1.